The first-order valence-electron chi connectivity index (χ1n) is 17.9. The quantitative estimate of drug-likeness (QED) is 0.0574. The maximum Gasteiger partial charge on any atom is 1.00 e. The minimum atomic E-state index is -5.19. The first kappa shape index (κ1) is 57.4. The zero-order chi connectivity index (χ0) is 45.9. The molecule has 0 aliphatic heterocycles. The van der Waals surface area contributed by atoms with Crippen molar-refractivity contribution in [3.63, 3.8) is 0 Å². The van der Waals surface area contributed by atoms with Crippen molar-refractivity contribution in [1.29, 1.82) is 0 Å². The van der Waals surface area contributed by atoms with Crippen molar-refractivity contribution in [2.45, 2.75) is 19.6 Å². The van der Waals surface area contributed by atoms with Gasteiger partial charge in [0.2, 0.25) is 0 Å². The zero-order valence-corrected chi connectivity index (χ0v) is 47.1. The van der Waals surface area contributed by atoms with E-state index in [0.717, 1.165) is 42.5 Å². The predicted molar refractivity (Wildman–Crippen MR) is 226 cm³/mol. The standard InChI is InChI=1S/C40H27N7O13S4.4Na/c41-23-9-11-27-22(14-23)16-38(64(58,59)60)39(40(27)48)47-46-35-18-24(15-21-8-10-26(20-31(21)35)61(49,50)51)42-44-33-12-13-34(29-5-2-1-4-28(29)33)45-43-25-17-32-30(37(19-25)63(55,56)57)6-3-7-36(32)62(52,53)54;;;;/h1-20,48H,41H2,(H,49,50,51)(H,52,53,54)(H,55,56,57)(H,58,59,60);;;;/q;4*+1/p-4. The molecule has 8 aromatic carbocycles. The van der Waals surface area contributed by atoms with Crippen LogP contribution in [0.2, 0.25) is 0 Å². The fourth-order valence-corrected chi connectivity index (χ4v) is 9.35. The van der Waals surface area contributed by atoms with Gasteiger partial charge in [0.1, 0.15) is 35.2 Å². The number of hydrogen-bond acceptors (Lipinski definition) is 19. The zero-order valence-electron chi connectivity index (χ0n) is 35.8. The number of nitrogens with two attached hydrogens (primary N) is 1. The number of nitrogen functional groups attached to an aromatic ring is 1. The second-order valence-electron chi connectivity index (χ2n) is 13.8. The van der Waals surface area contributed by atoms with Gasteiger partial charge < -0.3 is 24.5 Å². The second-order valence-corrected chi connectivity index (χ2v) is 19.2. The van der Waals surface area contributed by atoms with Crippen LogP contribution in [0, 0.1) is 0 Å². The van der Waals surface area contributed by atoms with Crippen molar-refractivity contribution in [3.05, 3.63) is 121 Å². The van der Waals surface area contributed by atoms with Crippen LogP contribution in [-0.2, 0) is 40.5 Å². The summed E-state index contributed by atoms with van der Waals surface area (Å²) < 4.78 is 143. The van der Waals surface area contributed by atoms with Crippen LogP contribution in [-0.4, -0.2) is 51.9 Å². The van der Waals surface area contributed by atoms with Crippen molar-refractivity contribution in [3.8, 4) is 5.75 Å². The molecule has 8 rings (SSSR count). The van der Waals surface area contributed by atoms with Crippen LogP contribution < -0.4 is 129 Å². The van der Waals surface area contributed by atoms with E-state index in [1.165, 1.54) is 54.6 Å². The number of azo groups is 3. The summed E-state index contributed by atoms with van der Waals surface area (Å²) in [5.74, 6) is -0.937. The van der Waals surface area contributed by atoms with E-state index in [9.17, 15) is 57.0 Å². The second kappa shape index (κ2) is 22.1. The fourth-order valence-electron chi connectivity index (χ4n) is 6.81. The Morgan fingerprint density at radius 1 is 0.426 bits per heavy atom. The summed E-state index contributed by atoms with van der Waals surface area (Å²) in [4.78, 5) is -3.12. The number of rotatable bonds is 10. The molecule has 8 aromatic rings. The van der Waals surface area contributed by atoms with Gasteiger partial charge in [0.15, 0.2) is 0 Å². The molecule has 0 unspecified atom stereocenters. The molecule has 3 N–H and O–H groups in total. The molecule has 324 valence electrons. The molecule has 0 radical (unpaired) electrons. The smallest absolute Gasteiger partial charge is 0.871 e. The van der Waals surface area contributed by atoms with Crippen LogP contribution in [0.15, 0.2) is 172 Å². The number of hydrogen-bond donors (Lipinski definition) is 2. The van der Waals surface area contributed by atoms with Crippen molar-refractivity contribution >= 4 is 123 Å². The van der Waals surface area contributed by atoms with Crippen LogP contribution in [0.3, 0.4) is 0 Å². The molecule has 0 spiro atoms. The third kappa shape index (κ3) is 12.3. The Morgan fingerprint density at radius 3 is 1.57 bits per heavy atom. The monoisotopic (exact) mass is 1030 g/mol. The van der Waals surface area contributed by atoms with Crippen LogP contribution in [0.5, 0.6) is 5.75 Å². The maximum atomic E-state index is 13.5. The van der Waals surface area contributed by atoms with Crippen LogP contribution in [0.4, 0.5) is 39.8 Å². The number of fused-ring (bicyclic) bond motifs is 4. The van der Waals surface area contributed by atoms with Crippen LogP contribution in [0.25, 0.3) is 43.1 Å². The van der Waals surface area contributed by atoms with E-state index in [4.69, 9.17) is 5.73 Å². The van der Waals surface area contributed by atoms with E-state index in [2.05, 4.69) is 30.7 Å². The topological polar surface area (TPSA) is 349 Å². The van der Waals surface area contributed by atoms with E-state index in [1.807, 2.05) is 0 Å². The number of anilines is 1. The first-order chi connectivity index (χ1) is 30.1. The minimum Gasteiger partial charge on any atom is -0.871 e. The predicted octanol–water partition coefficient (Wildman–Crippen LogP) is -3.82. The Balaban J connectivity index is 0.00000252. The van der Waals surface area contributed by atoms with Gasteiger partial charge in [0.25, 0.3) is 10.1 Å². The SMILES string of the molecule is Nc1ccc2c([O-])c(N=Nc3cc(N=Nc4ccc(N=Nc5cc(S(=O)(=O)[O-])c6cccc(S(=O)(=O)[O-])c6c5)c5ccccc45)cc4ccc(S(=O)(=O)[O-])cc34)c(S(=O)(=O)O)cc2c1.[Na+].[Na+].[Na+].[Na+]. The molecular weight excluding hydrogens is 1010 g/mol. The van der Waals surface area contributed by atoms with E-state index < -0.39 is 71.5 Å². The average molecular weight is 1030 g/mol. The van der Waals surface area contributed by atoms with Gasteiger partial charge in [-0.25, -0.2) is 25.3 Å². The van der Waals surface area contributed by atoms with E-state index in [1.54, 1.807) is 24.3 Å². The number of nitrogens with zero attached hydrogens (tertiary/aromatic N) is 6. The summed E-state index contributed by atoms with van der Waals surface area (Å²) in [7, 11) is -20.4. The summed E-state index contributed by atoms with van der Waals surface area (Å²) in [5, 5.41) is 39.0. The normalized spacial score (nSPS) is 12.4. The van der Waals surface area contributed by atoms with Crippen molar-refractivity contribution < 1.29 is 175 Å². The maximum absolute atomic E-state index is 13.5. The Bertz CT molecular complexity index is 3910. The minimum absolute atomic E-state index is 0. The molecule has 0 heterocycles. The third-order valence-electron chi connectivity index (χ3n) is 9.63. The Morgan fingerprint density at radius 2 is 1.00 bits per heavy atom. The Labute approximate surface area is 475 Å². The van der Waals surface area contributed by atoms with Crippen LogP contribution in [0.1, 0.15) is 0 Å². The van der Waals surface area contributed by atoms with Gasteiger partial charge in [-0.3, -0.25) is 4.55 Å². The van der Waals surface area contributed by atoms with Crippen molar-refractivity contribution in [2.24, 2.45) is 30.7 Å². The largest absolute Gasteiger partial charge is 1.00 e. The Kier molecular flexibility index (Phi) is 18.6. The molecule has 0 aromatic heterocycles. The van der Waals surface area contributed by atoms with Crippen molar-refractivity contribution in [2.75, 3.05) is 5.73 Å². The molecule has 0 bridgehead atoms. The summed E-state index contributed by atoms with van der Waals surface area (Å²) in [6.07, 6.45) is 0. The molecule has 0 aliphatic carbocycles. The molecule has 0 fully saturated rings. The molecule has 0 aliphatic rings. The van der Waals surface area contributed by atoms with Gasteiger partial charge in [-0.05, 0) is 89.0 Å². The van der Waals surface area contributed by atoms with Gasteiger partial charge in [-0.2, -0.15) is 18.6 Å². The molecule has 28 heteroatoms. The summed E-state index contributed by atoms with van der Waals surface area (Å²) in [6.45, 7) is 0. The van der Waals surface area contributed by atoms with Gasteiger partial charge in [0.05, 0.1) is 48.8 Å². The molecule has 68 heavy (non-hydrogen) atoms. The molecule has 0 saturated carbocycles. The third-order valence-corrected chi connectivity index (χ3v) is 13.1. The molecule has 0 saturated heterocycles. The van der Waals surface area contributed by atoms with E-state index >= 15 is 0 Å². The van der Waals surface area contributed by atoms with Gasteiger partial charge in [-0.15, -0.1) is 20.5 Å². The van der Waals surface area contributed by atoms with Crippen LogP contribution >= 0.6 is 0 Å². The number of benzene rings is 8. The summed E-state index contributed by atoms with van der Waals surface area (Å²) >= 11 is 0. The van der Waals surface area contributed by atoms with Gasteiger partial charge >= 0.3 is 118 Å². The molecular formula is C40H23N7Na4O13S4. The molecule has 0 amide bonds. The molecule has 20 nitrogen and oxygen atoms in total. The van der Waals surface area contributed by atoms with Crippen molar-refractivity contribution in [1.82, 2.24) is 0 Å². The van der Waals surface area contributed by atoms with E-state index in [-0.39, 0.29) is 185 Å². The van der Waals surface area contributed by atoms with Gasteiger partial charge in [-0.1, -0.05) is 54.3 Å². The summed E-state index contributed by atoms with van der Waals surface area (Å²) in [5.41, 5.74) is 5.27. The first-order valence-corrected chi connectivity index (χ1v) is 23.5. The van der Waals surface area contributed by atoms with Gasteiger partial charge in [0, 0.05) is 32.6 Å². The fraction of sp³-hybridized carbons (Fsp3) is 0. The summed E-state index contributed by atoms with van der Waals surface area (Å²) in [6, 6.07) is 25.9. The average Bonchev–Trinajstić information content (AvgIpc) is 3.22. The Hall–Kier alpha value is -3.16. The molecule has 0 atom stereocenters. The van der Waals surface area contributed by atoms with E-state index in [0.29, 0.717) is 10.8 Å².